The Morgan fingerprint density at radius 2 is 1.74 bits per heavy atom. The van der Waals surface area contributed by atoms with Gasteiger partial charge in [0.05, 0.1) is 22.0 Å². The number of hydrogen-bond acceptors (Lipinski definition) is 4. The van der Waals surface area contributed by atoms with E-state index in [1.165, 1.54) is 30.3 Å². The molecule has 19 heavy (non-hydrogen) atoms. The van der Waals surface area contributed by atoms with Crippen molar-refractivity contribution < 1.29 is 12.8 Å². The van der Waals surface area contributed by atoms with Crippen molar-refractivity contribution in [2.24, 2.45) is 5.14 Å². The van der Waals surface area contributed by atoms with Gasteiger partial charge in [-0.15, -0.1) is 0 Å². The first-order valence-corrected chi connectivity index (χ1v) is 6.86. The van der Waals surface area contributed by atoms with Crippen LogP contribution in [-0.2, 0) is 10.0 Å². The summed E-state index contributed by atoms with van der Waals surface area (Å²) < 4.78 is 36.0. The van der Waals surface area contributed by atoms with Gasteiger partial charge in [0.25, 0.3) is 0 Å². The number of nitrogens with two attached hydrogens (primary N) is 2. The second-order valence-electron chi connectivity index (χ2n) is 3.90. The lowest BCUT2D eigenvalue weighted by Gasteiger charge is -2.11. The van der Waals surface area contributed by atoms with Crippen LogP contribution in [0.15, 0.2) is 47.4 Å². The molecule has 100 valence electrons. The van der Waals surface area contributed by atoms with Crippen LogP contribution >= 0.6 is 0 Å². The molecule has 0 amide bonds. The Morgan fingerprint density at radius 3 is 2.37 bits per heavy atom. The van der Waals surface area contributed by atoms with E-state index in [1.54, 1.807) is 12.1 Å². The third-order valence-electron chi connectivity index (χ3n) is 2.50. The third-order valence-corrected chi connectivity index (χ3v) is 3.41. The zero-order valence-corrected chi connectivity index (χ0v) is 10.6. The van der Waals surface area contributed by atoms with Crippen LogP contribution in [0.4, 0.5) is 21.5 Å². The number of rotatable bonds is 3. The number of benzene rings is 2. The molecule has 2 aromatic rings. The number of nitrogen functional groups attached to an aromatic ring is 1. The normalized spacial score (nSPS) is 11.3. The lowest BCUT2D eigenvalue weighted by molar-refractivity contribution is 0.598. The van der Waals surface area contributed by atoms with Crippen LogP contribution in [0.3, 0.4) is 0 Å². The van der Waals surface area contributed by atoms with E-state index >= 15 is 0 Å². The van der Waals surface area contributed by atoms with Crippen LogP contribution in [0.25, 0.3) is 0 Å². The van der Waals surface area contributed by atoms with Crippen molar-refractivity contribution in [1.82, 2.24) is 0 Å². The molecule has 0 atom stereocenters. The first kappa shape index (κ1) is 13.3. The molecule has 5 N–H and O–H groups in total. The summed E-state index contributed by atoms with van der Waals surface area (Å²) in [5.41, 5.74) is 6.47. The van der Waals surface area contributed by atoms with Crippen LogP contribution in [0.2, 0.25) is 0 Å². The average Bonchev–Trinajstić information content (AvgIpc) is 2.33. The van der Waals surface area contributed by atoms with Gasteiger partial charge in [-0.2, -0.15) is 0 Å². The number of para-hydroxylation sites is 1. The van der Waals surface area contributed by atoms with Crippen LogP contribution in [0.1, 0.15) is 0 Å². The molecular formula is C12H12FN3O2S. The SMILES string of the molecule is Nc1ccc(S(N)(=O)=O)cc1Nc1ccccc1F. The van der Waals surface area contributed by atoms with Crippen LogP contribution in [-0.4, -0.2) is 8.42 Å². The quantitative estimate of drug-likeness (QED) is 0.747. The maximum Gasteiger partial charge on any atom is 0.238 e. The molecule has 0 saturated heterocycles. The summed E-state index contributed by atoms with van der Waals surface area (Å²) in [6.07, 6.45) is 0. The van der Waals surface area contributed by atoms with Gasteiger partial charge >= 0.3 is 0 Å². The van der Waals surface area contributed by atoms with E-state index in [1.807, 2.05) is 0 Å². The van der Waals surface area contributed by atoms with Crippen molar-refractivity contribution in [3.8, 4) is 0 Å². The van der Waals surface area contributed by atoms with Crippen LogP contribution < -0.4 is 16.2 Å². The van der Waals surface area contributed by atoms with Crippen molar-refractivity contribution in [1.29, 1.82) is 0 Å². The zero-order valence-electron chi connectivity index (χ0n) is 9.80. The third kappa shape index (κ3) is 3.01. The standard InChI is InChI=1S/C12H12FN3O2S/c13-9-3-1-2-4-11(9)16-12-7-8(19(15,17)18)5-6-10(12)14/h1-7,16H,14H2,(H2,15,17,18). The maximum absolute atomic E-state index is 13.5. The average molecular weight is 281 g/mol. The van der Waals surface area contributed by atoms with E-state index in [4.69, 9.17) is 10.9 Å². The van der Waals surface area contributed by atoms with E-state index in [9.17, 15) is 12.8 Å². The second kappa shape index (κ2) is 4.87. The van der Waals surface area contributed by atoms with Gasteiger partial charge in [0.1, 0.15) is 5.82 Å². The lowest BCUT2D eigenvalue weighted by atomic mass is 10.2. The number of primary sulfonamides is 1. The molecule has 0 aliphatic rings. The molecule has 0 fully saturated rings. The molecule has 0 aromatic heterocycles. The maximum atomic E-state index is 13.5. The van der Waals surface area contributed by atoms with E-state index < -0.39 is 15.8 Å². The Morgan fingerprint density at radius 1 is 1.05 bits per heavy atom. The van der Waals surface area contributed by atoms with Crippen LogP contribution in [0, 0.1) is 5.82 Å². The number of hydrogen-bond donors (Lipinski definition) is 3. The minimum atomic E-state index is -3.83. The van der Waals surface area contributed by atoms with Crippen molar-refractivity contribution in [2.75, 3.05) is 11.1 Å². The van der Waals surface area contributed by atoms with E-state index in [0.29, 0.717) is 0 Å². The zero-order chi connectivity index (χ0) is 14.0. The fourth-order valence-electron chi connectivity index (χ4n) is 1.53. The summed E-state index contributed by atoms with van der Waals surface area (Å²) in [6, 6.07) is 9.92. The Hall–Kier alpha value is -2.12. The molecule has 0 aliphatic heterocycles. The molecule has 7 heteroatoms. The number of anilines is 3. The van der Waals surface area contributed by atoms with E-state index in [0.717, 1.165) is 0 Å². The van der Waals surface area contributed by atoms with Crippen molar-refractivity contribution in [3.05, 3.63) is 48.3 Å². The highest BCUT2D eigenvalue weighted by atomic mass is 32.2. The fraction of sp³-hybridized carbons (Fsp3) is 0. The Kier molecular flexibility index (Phi) is 3.41. The number of halogens is 1. The van der Waals surface area contributed by atoms with Gasteiger partial charge in [-0.3, -0.25) is 0 Å². The lowest BCUT2D eigenvalue weighted by Crippen LogP contribution is -2.12. The topological polar surface area (TPSA) is 98.2 Å². The molecule has 2 rings (SSSR count). The molecule has 5 nitrogen and oxygen atoms in total. The van der Waals surface area contributed by atoms with Gasteiger partial charge < -0.3 is 11.1 Å². The van der Waals surface area contributed by atoms with Gasteiger partial charge in [-0.25, -0.2) is 17.9 Å². The highest BCUT2D eigenvalue weighted by Gasteiger charge is 2.11. The highest BCUT2D eigenvalue weighted by molar-refractivity contribution is 7.89. The van der Waals surface area contributed by atoms with Gasteiger partial charge in [-0.1, -0.05) is 12.1 Å². The van der Waals surface area contributed by atoms with E-state index in [-0.39, 0.29) is 22.0 Å². The predicted octanol–water partition coefficient (Wildman–Crippen LogP) is 1.80. The molecule has 0 radical (unpaired) electrons. The van der Waals surface area contributed by atoms with Crippen molar-refractivity contribution in [3.63, 3.8) is 0 Å². The minimum Gasteiger partial charge on any atom is -0.397 e. The summed E-state index contributed by atoms with van der Waals surface area (Å²) in [5.74, 6) is -0.470. The smallest absolute Gasteiger partial charge is 0.238 e. The number of sulfonamides is 1. The number of nitrogens with one attached hydrogen (secondary N) is 1. The summed E-state index contributed by atoms with van der Waals surface area (Å²) in [4.78, 5) is -0.0967. The molecule has 0 saturated carbocycles. The first-order chi connectivity index (χ1) is 8.88. The Bertz CT molecular complexity index is 717. The van der Waals surface area contributed by atoms with Gasteiger partial charge in [0.2, 0.25) is 10.0 Å². The van der Waals surface area contributed by atoms with Gasteiger partial charge in [-0.05, 0) is 30.3 Å². The second-order valence-corrected chi connectivity index (χ2v) is 5.46. The molecule has 0 heterocycles. The highest BCUT2D eigenvalue weighted by Crippen LogP contribution is 2.27. The summed E-state index contributed by atoms with van der Waals surface area (Å²) >= 11 is 0. The van der Waals surface area contributed by atoms with Crippen molar-refractivity contribution in [2.45, 2.75) is 4.90 Å². The molecule has 2 aromatic carbocycles. The molecule has 0 spiro atoms. The van der Waals surface area contributed by atoms with Crippen LogP contribution in [0.5, 0.6) is 0 Å². The monoisotopic (exact) mass is 281 g/mol. The minimum absolute atomic E-state index is 0.0967. The summed E-state index contributed by atoms with van der Waals surface area (Å²) in [7, 11) is -3.83. The molecule has 0 aliphatic carbocycles. The summed E-state index contributed by atoms with van der Waals surface area (Å²) in [6.45, 7) is 0. The molecule has 0 unspecified atom stereocenters. The van der Waals surface area contributed by atoms with Crippen molar-refractivity contribution >= 4 is 27.1 Å². The van der Waals surface area contributed by atoms with E-state index in [2.05, 4.69) is 5.32 Å². The Balaban J connectivity index is 2.43. The van der Waals surface area contributed by atoms with Gasteiger partial charge in [0, 0.05) is 0 Å². The predicted molar refractivity (Wildman–Crippen MR) is 71.9 cm³/mol. The summed E-state index contributed by atoms with van der Waals surface area (Å²) in [5, 5.41) is 7.76. The molecule has 0 bridgehead atoms. The fourth-order valence-corrected chi connectivity index (χ4v) is 2.07. The molecular weight excluding hydrogens is 269 g/mol. The first-order valence-electron chi connectivity index (χ1n) is 5.32. The van der Waals surface area contributed by atoms with Gasteiger partial charge in [0.15, 0.2) is 0 Å². The largest absolute Gasteiger partial charge is 0.397 e. The Labute approximate surface area is 110 Å².